The summed E-state index contributed by atoms with van der Waals surface area (Å²) in [5.74, 6) is 1.02. The van der Waals surface area contributed by atoms with Gasteiger partial charge in [0.15, 0.2) is 0 Å². The largest absolute Gasteiger partial charge is 0.494 e. The van der Waals surface area contributed by atoms with Crippen molar-refractivity contribution in [2.45, 2.75) is 6.42 Å². The van der Waals surface area contributed by atoms with Gasteiger partial charge in [-0.1, -0.05) is 18.2 Å². The van der Waals surface area contributed by atoms with Crippen LogP contribution in [0.1, 0.15) is 16.9 Å². The highest BCUT2D eigenvalue weighted by Gasteiger charge is 2.13. The second kappa shape index (κ2) is 6.60. The van der Waals surface area contributed by atoms with Crippen LogP contribution in [0.4, 0.5) is 5.82 Å². The minimum Gasteiger partial charge on any atom is -0.494 e. The summed E-state index contributed by atoms with van der Waals surface area (Å²) < 4.78 is 5.57. The first-order valence-corrected chi connectivity index (χ1v) is 6.41. The average Bonchev–Trinajstić information content (AvgIpc) is 2.90. The van der Waals surface area contributed by atoms with Crippen LogP contribution in [0.2, 0.25) is 0 Å². The van der Waals surface area contributed by atoms with Gasteiger partial charge in [-0.15, -0.1) is 0 Å². The number of nitrogens with zero attached hydrogens (tertiary/aromatic N) is 2. The average molecular weight is 274 g/mol. The number of rotatable bonds is 6. The first-order valence-electron chi connectivity index (χ1n) is 6.41. The molecule has 1 heterocycles. The van der Waals surface area contributed by atoms with E-state index in [0.29, 0.717) is 24.7 Å². The zero-order chi connectivity index (χ0) is 14.4. The van der Waals surface area contributed by atoms with Gasteiger partial charge in [-0.25, -0.2) is 0 Å². The maximum absolute atomic E-state index is 12.0. The van der Waals surface area contributed by atoms with E-state index in [2.05, 4.69) is 10.2 Å². The Morgan fingerprint density at radius 3 is 2.80 bits per heavy atom. The smallest absolute Gasteiger partial charge is 0.271 e. The fraction of sp³-hybridized carbons (Fsp3) is 0.286. The van der Waals surface area contributed by atoms with Crippen molar-refractivity contribution in [2.75, 3.05) is 25.9 Å². The van der Waals surface area contributed by atoms with Crippen molar-refractivity contribution in [2.24, 2.45) is 0 Å². The number of nitrogens with two attached hydrogens (primary N) is 1. The summed E-state index contributed by atoms with van der Waals surface area (Å²) in [6.07, 6.45) is 0.751. The second-order valence-electron chi connectivity index (χ2n) is 4.45. The van der Waals surface area contributed by atoms with Crippen LogP contribution in [0.5, 0.6) is 5.75 Å². The molecule has 0 fully saturated rings. The fourth-order valence-electron chi connectivity index (χ4n) is 1.76. The molecule has 3 N–H and O–H groups in total. The van der Waals surface area contributed by atoms with Gasteiger partial charge in [0.05, 0.1) is 6.61 Å². The first kappa shape index (κ1) is 13.9. The van der Waals surface area contributed by atoms with Crippen LogP contribution in [-0.2, 0) is 0 Å². The summed E-state index contributed by atoms with van der Waals surface area (Å²) in [6.45, 7) is 1.16. The van der Waals surface area contributed by atoms with E-state index in [1.54, 1.807) is 11.9 Å². The van der Waals surface area contributed by atoms with Crippen molar-refractivity contribution in [1.29, 1.82) is 0 Å². The second-order valence-corrected chi connectivity index (χ2v) is 4.45. The first-order chi connectivity index (χ1) is 9.66. The minimum absolute atomic E-state index is 0.131. The summed E-state index contributed by atoms with van der Waals surface area (Å²) in [7, 11) is 1.74. The van der Waals surface area contributed by atoms with Crippen LogP contribution in [-0.4, -0.2) is 41.2 Å². The van der Waals surface area contributed by atoms with Gasteiger partial charge in [0, 0.05) is 19.7 Å². The third kappa shape index (κ3) is 3.74. The molecule has 0 saturated carbocycles. The van der Waals surface area contributed by atoms with Gasteiger partial charge in [-0.05, 0) is 18.6 Å². The highest BCUT2D eigenvalue weighted by molar-refractivity contribution is 5.92. The fourth-order valence-corrected chi connectivity index (χ4v) is 1.76. The lowest BCUT2D eigenvalue weighted by atomic mass is 10.3. The minimum atomic E-state index is -0.131. The lowest BCUT2D eigenvalue weighted by molar-refractivity contribution is 0.0782. The zero-order valence-corrected chi connectivity index (χ0v) is 11.4. The van der Waals surface area contributed by atoms with Crippen molar-refractivity contribution in [3.05, 3.63) is 42.1 Å². The Hall–Kier alpha value is -2.50. The van der Waals surface area contributed by atoms with Crippen LogP contribution in [0, 0.1) is 0 Å². The molecular weight excluding hydrogens is 256 g/mol. The van der Waals surface area contributed by atoms with E-state index in [-0.39, 0.29) is 5.91 Å². The highest BCUT2D eigenvalue weighted by atomic mass is 16.5. The van der Waals surface area contributed by atoms with E-state index in [1.807, 2.05) is 30.3 Å². The summed E-state index contributed by atoms with van der Waals surface area (Å²) in [5.41, 5.74) is 5.87. The Bertz CT molecular complexity index is 553. The molecule has 1 aromatic heterocycles. The Kier molecular flexibility index (Phi) is 4.60. The Morgan fingerprint density at radius 1 is 1.40 bits per heavy atom. The normalized spacial score (nSPS) is 10.2. The van der Waals surface area contributed by atoms with Crippen molar-refractivity contribution in [1.82, 2.24) is 15.1 Å². The molecule has 2 rings (SSSR count). The van der Waals surface area contributed by atoms with E-state index in [0.717, 1.165) is 12.2 Å². The van der Waals surface area contributed by atoms with Crippen molar-refractivity contribution in [3.63, 3.8) is 0 Å². The van der Waals surface area contributed by atoms with E-state index >= 15 is 0 Å². The molecule has 20 heavy (non-hydrogen) atoms. The SMILES string of the molecule is CN(CCCOc1ccccc1)C(=O)c1cc(N)n[nH]1. The standard InChI is InChI=1S/C14H18N4O2/c1-18(14(19)12-10-13(15)17-16-12)8-5-9-20-11-6-3-2-4-7-11/h2-4,6-7,10H,5,8-9H2,1H3,(H3,15,16,17). The van der Waals surface area contributed by atoms with Gasteiger partial charge in [-0.3, -0.25) is 9.89 Å². The monoisotopic (exact) mass is 274 g/mol. The maximum Gasteiger partial charge on any atom is 0.271 e. The van der Waals surface area contributed by atoms with Crippen LogP contribution in [0.3, 0.4) is 0 Å². The van der Waals surface area contributed by atoms with Crippen LogP contribution in [0.25, 0.3) is 0 Å². The maximum atomic E-state index is 12.0. The summed E-state index contributed by atoms with van der Waals surface area (Å²) in [6, 6.07) is 11.1. The number of benzene rings is 1. The molecule has 6 heteroatoms. The number of carbonyl (C=O) groups is 1. The van der Waals surface area contributed by atoms with Crippen molar-refractivity contribution >= 4 is 11.7 Å². The van der Waals surface area contributed by atoms with Crippen LogP contribution in [0.15, 0.2) is 36.4 Å². The van der Waals surface area contributed by atoms with Gasteiger partial charge < -0.3 is 15.4 Å². The number of aromatic nitrogens is 2. The molecule has 106 valence electrons. The number of aromatic amines is 1. The number of nitrogens with one attached hydrogen (secondary N) is 1. The number of para-hydroxylation sites is 1. The topological polar surface area (TPSA) is 84.2 Å². The molecule has 1 aromatic carbocycles. The molecule has 0 unspecified atom stereocenters. The van der Waals surface area contributed by atoms with Crippen molar-refractivity contribution < 1.29 is 9.53 Å². The number of amides is 1. The summed E-state index contributed by atoms with van der Waals surface area (Å²) in [4.78, 5) is 13.6. The van der Waals surface area contributed by atoms with Gasteiger partial charge in [-0.2, -0.15) is 5.10 Å². The molecule has 0 atom stereocenters. The Morgan fingerprint density at radius 2 is 2.15 bits per heavy atom. The van der Waals surface area contributed by atoms with Crippen LogP contribution < -0.4 is 10.5 Å². The predicted molar refractivity (Wildman–Crippen MR) is 76.5 cm³/mol. The molecule has 0 aliphatic carbocycles. The van der Waals surface area contributed by atoms with Gasteiger partial charge in [0.1, 0.15) is 17.3 Å². The predicted octanol–water partition coefficient (Wildman–Crippen LogP) is 1.53. The highest BCUT2D eigenvalue weighted by Crippen LogP contribution is 2.09. The zero-order valence-electron chi connectivity index (χ0n) is 11.4. The molecule has 0 bridgehead atoms. The van der Waals surface area contributed by atoms with Gasteiger partial charge in [0.25, 0.3) is 5.91 Å². The molecule has 0 radical (unpaired) electrons. The molecule has 0 saturated heterocycles. The number of hydrogen-bond acceptors (Lipinski definition) is 4. The molecule has 0 aliphatic rings. The van der Waals surface area contributed by atoms with E-state index in [4.69, 9.17) is 10.5 Å². The molecule has 6 nitrogen and oxygen atoms in total. The summed E-state index contributed by atoms with van der Waals surface area (Å²) >= 11 is 0. The number of hydrogen-bond donors (Lipinski definition) is 2. The molecule has 0 aliphatic heterocycles. The van der Waals surface area contributed by atoms with Gasteiger partial charge in [0.2, 0.25) is 0 Å². The molecule has 2 aromatic rings. The quantitative estimate of drug-likeness (QED) is 0.782. The van der Waals surface area contributed by atoms with Crippen LogP contribution >= 0.6 is 0 Å². The Balaban J connectivity index is 1.72. The molecular formula is C14H18N4O2. The number of carbonyl (C=O) groups excluding carboxylic acids is 1. The lowest BCUT2D eigenvalue weighted by Gasteiger charge is -2.16. The number of anilines is 1. The van der Waals surface area contributed by atoms with E-state index in [9.17, 15) is 4.79 Å². The third-order valence-electron chi connectivity index (χ3n) is 2.82. The van der Waals surface area contributed by atoms with E-state index in [1.165, 1.54) is 6.07 Å². The molecule has 1 amide bonds. The van der Waals surface area contributed by atoms with Gasteiger partial charge >= 0.3 is 0 Å². The molecule has 0 spiro atoms. The number of nitrogen functional groups attached to an aromatic ring is 1. The number of ether oxygens (including phenoxy) is 1. The third-order valence-corrected chi connectivity index (χ3v) is 2.82. The Labute approximate surface area is 117 Å². The lowest BCUT2D eigenvalue weighted by Crippen LogP contribution is -2.29. The summed E-state index contributed by atoms with van der Waals surface area (Å²) in [5, 5.41) is 6.34. The number of H-pyrrole nitrogens is 1. The van der Waals surface area contributed by atoms with Crippen molar-refractivity contribution in [3.8, 4) is 5.75 Å². The van der Waals surface area contributed by atoms with E-state index < -0.39 is 0 Å².